The van der Waals surface area contributed by atoms with Gasteiger partial charge in [0, 0.05) is 23.7 Å². The molecule has 0 bridgehead atoms. The minimum atomic E-state index is 0.189. The minimum absolute atomic E-state index is 0.189. The first kappa shape index (κ1) is 10.7. The first-order valence-electron chi connectivity index (χ1n) is 5.48. The number of nitrogens with zero attached hydrogens (tertiary/aromatic N) is 1. The number of hydrogen-bond donors (Lipinski definition) is 2. The van der Waals surface area contributed by atoms with Crippen LogP contribution in [0.5, 0.6) is 5.88 Å². The van der Waals surface area contributed by atoms with Gasteiger partial charge < -0.3 is 10.1 Å². The van der Waals surface area contributed by atoms with E-state index in [1.165, 1.54) is 0 Å². The Morgan fingerprint density at radius 3 is 2.88 bits per heavy atom. The average molecular weight is 216 g/mol. The maximum atomic E-state index is 9.75. The lowest BCUT2D eigenvalue weighted by Gasteiger charge is -1.97. The van der Waals surface area contributed by atoms with Crippen LogP contribution in [0.15, 0.2) is 29.3 Å². The number of para-hydroxylation sites is 1. The molecule has 1 heterocycles. The first-order chi connectivity index (χ1) is 7.68. The molecule has 2 rings (SSSR count). The summed E-state index contributed by atoms with van der Waals surface area (Å²) in [6, 6.07) is 7.81. The number of H-pyrrole nitrogens is 1. The van der Waals surface area contributed by atoms with Crippen molar-refractivity contribution in [1.29, 1.82) is 0 Å². The van der Waals surface area contributed by atoms with Gasteiger partial charge in [-0.05, 0) is 12.0 Å². The Morgan fingerprint density at radius 1 is 1.38 bits per heavy atom. The monoisotopic (exact) mass is 216 g/mol. The molecule has 3 nitrogen and oxygen atoms in total. The molecular formula is C13H16N2O. The summed E-state index contributed by atoms with van der Waals surface area (Å²) in [5, 5.41) is 10.8. The van der Waals surface area contributed by atoms with Crippen LogP contribution in [0.1, 0.15) is 19.4 Å². The van der Waals surface area contributed by atoms with Crippen LogP contribution in [0.2, 0.25) is 0 Å². The standard InChI is InChI=1S/C13H16N2O/c1-9(2)7-14-8-11-10-5-3-4-6-12(10)15-13(11)16/h3-6,8-9,15-16H,7H2,1-2H3. The quantitative estimate of drug-likeness (QED) is 0.761. The fourth-order valence-corrected chi connectivity index (χ4v) is 1.63. The number of aromatic amines is 1. The predicted octanol–water partition coefficient (Wildman–Crippen LogP) is 2.95. The van der Waals surface area contributed by atoms with Crippen molar-refractivity contribution in [3.8, 4) is 5.88 Å². The normalized spacial score (nSPS) is 11.9. The van der Waals surface area contributed by atoms with Crippen LogP contribution in [-0.2, 0) is 0 Å². The number of fused-ring (bicyclic) bond motifs is 1. The predicted molar refractivity (Wildman–Crippen MR) is 67.3 cm³/mol. The highest BCUT2D eigenvalue weighted by Gasteiger charge is 2.07. The highest BCUT2D eigenvalue weighted by Crippen LogP contribution is 2.24. The van der Waals surface area contributed by atoms with E-state index in [2.05, 4.69) is 23.8 Å². The Hall–Kier alpha value is -1.77. The number of aromatic hydroxyl groups is 1. The van der Waals surface area contributed by atoms with Gasteiger partial charge >= 0.3 is 0 Å². The second-order valence-electron chi connectivity index (χ2n) is 4.32. The Kier molecular flexibility index (Phi) is 2.95. The summed E-state index contributed by atoms with van der Waals surface area (Å²) in [7, 11) is 0. The van der Waals surface area contributed by atoms with E-state index in [9.17, 15) is 5.11 Å². The second kappa shape index (κ2) is 4.39. The molecule has 0 radical (unpaired) electrons. The zero-order valence-corrected chi connectivity index (χ0v) is 9.57. The lowest BCUT2D eigenvalue weighted by molar-refractivity contribution is 0.457. The molecule has 0 spiro atoms. The zero-order chi connectivity index (χ0) is 11.5. The van der Waals surface area contributed by atoms with E-state index in [1.54, 1.807) is 6.21 Å². The highest BCUT2D eigenvalue weighted by atomic mass is 16.3. The molecule has 0 amide bonds. The van der Waals surface area contributed by atoms with E-state index in [1.807, 2.05) is 24.3 Å². The third-order valence-electron chi connectivity index (χ3n) is 2.42. The molecule has 0 aliphatic heterocycles. The molecule has 84 valence electrons. The van der Waals surface area contributed by atoms with E-state index < -0.39 is 0 Å². The van der Waals surface area contributed by atoms with Crippen molar-refractivity contribution >= 4 is 17.1 Å². The Bertz CT molecular complexity index is 512. The molecule has 0 aliphatic rings. The van der Waals surface area contributed by atoms with E-state index in [0.717, 1.165) is 23.0 Å². The van der Waals surface area contributed by atoms with Crippen molar-refractivity contribution in [2.45, 2.75) is 13.8 Å². The largest absolute Gasteiger partial charge is 0.494 e. The summed E-state index contributed by atoms with van der Waals surface area (Å²) >= 11 is 0. The van der Waals surface area contributed by atoms with Gasteiger partial charge in [-0.15, -0.1) is 0 Å². The summed E-state index contributed by atoms with van der Waals surface area (Å²) in [5.41, 5.74) is 1.71. The van der Waals surface area contributed by atoms with Crippen molar-refractivity contribution in [3.05, 3.63) is 29.8 Å². The number of nitrogens with one attached hydrogen (secondary N) is 1. The summed E-state index contributed by atoms with van der Waals surface area (Å²) in [6.07, 6.45) is 1.74. The van der Waals surface area contributed by atoms with Gasteiger partial charge in [0.05, 0.1) is 5.56 Å². The van der Waals surface area contributed by atoms with Crippen molar-refractivity contribution in [2.24, 2.45) is 10.9 Å². The summed E-state index contributed by atoms with van der Waals surface area (Å²) in [4.78, 5) is 7.25. The Balaban J connectivity index is 2.36. The highest BCUT2D eigenvalue weighted by molar-refractivity contribution is 6.01. The Labute approximate surface area is 94.8 Å². The van der Waals surface area contributed by atoms with E-state index in [4.69, 9.17) is 0 Å². The maximum absolute atomic E-state index is 9.75. The first-order valence-corrected chi connectivity index (χ1v) is 5.48. The average Bonchev–Trinajstić information content (AvgIpc) is 2.55. The Morgan fingerprint density at radius 2 is 2.12 bits per heavy atom. The third kappa shape index (κ3) is 2.08. The minimum Gasteiger partial charge on any atom is -0.494 e. The molecular weight excluding hydrogens is 200 g/mol. The zero-order valence-electron chi connectivity index (χ0n) is 9.57. The van der Waals surface area contributed by atoms with Gasteiger partial charge in [0.2, 0.25) is 0 Å². The van der Waals surface area contributed by atoms with Crippen LogP contribution >= 0.6 is 0 Å². The molecule has 3 heteroatoms. The van der Waals surface area contributed by atoms with E-state index >= 15 is 0 Å². The van der Waals surface area contributed by atoms with Gasteiger partial charge in [0.15, 0.2) is 5.88 Å². The number of benzene rings is 1. The lowest BCUT2D eigenvalue weighted by Crippen LogP contribution is -1.92. The summed E-state index contributed by atoms with van der Waals surface area (Å²) < 4.78 is 0. The molecule has 1 aromatic heterocycles. The van der Waals surface area contributed by atoms with Crippen molar-refractivity contribution in [1.82, 2.24) is 4.98 Å². The molecule has 0 unspecified atom stereocenters. The molecule has 0 fully saturated rings. The fraction of sp³-hybridized carbons (Fsp3) is 0.308. The lowest BCUT2D eigenvalue weighted by atomic mass is 10.2. The van der Waals surface area contributed by atoms with Gasteiger partial charge in [-0.3, -0.25) is 4.99 Å². The van der Waals surface area contributed by atoms with Gasteiger partial charge in [-0.2, -0.15) is 0 Å². The van der Waals surface area contributed by atoms with Crippen LogP contribution in [0.4, 0.5) is 0 Å². The maximum Gasteiger partial charge on any atom is 0.198 e. The van der Waals surface area contributed by atoms with Crippen LogP contribution in [-0.4, -0.2) is 22.8 Å². The number of aliphatic imine (C=N–C) groups is 1. The molecule has 0 saturated heterocycles. The van der Waals surface area contributed by atoms with Crippen molar-refractivity contribution < 1.29 is 5.11 Å². The molecule has 2 aromatic rings. The van der Waals surface area contributed by atoms with E-state index in [0.29, 0.717) is 5.92 Å². The molecule has 1 aromatic carbocycles. The van der Waals surface area contributed by atoms with E-state index in [-0.39, 0.29) is 5.88 Å². The fourth-order valence-electron chi connectivity index (χ4n) is 1.63. The molecule has 0 atom stereocenters. The van der Waals surface area contributed by atoms with Crippen LogP contribution in [0, 0.1) is 5.92 Å². The van der Waals surface area contributed by atoms with Gasteiger partial charge in [0.1, 0.15) is 0 Å². The molecule has 16 heavy (non-hydrogen) atoms. The molecule has 0 aliphatic carbocycles. The van der Waals surface area contributed by atoms with Crippen LogP contribution < -0.4 is 0 Å². The second-order valence-corrected chi connectivity index (χ2v) is 4.32. The summed E-state index contributed by atoms with van der Waals surface area (Å²) in [6.45, 7) is 5.01. The van der Waals surface area contributed by atoms with Crippen LogP contribution in [0.25, 0.3) is 10.9 Å². The SMILES string of the molecule is CC(C)CN=Cc1c(O)[nH]c2ccccc12. The summed E-state index contributed by atoms with van der Waals surface area (Å²) in [5.74, 6) is 0.720. The van der Waals surface area contributed by atoms with Gasteiger partial charge in [0.25, 0.3) is 0 Å². The number of rotatable bonds is 3. The third-order valence-corrected chi connectivity index (χ3v) is 2.42. The van der Waals surface area contributed by atoms with Crippen molar-refractivity contribution in [3.63, 3.8) is 0 Å². The van der Waals surface area contributed by atoms with Crippen molar-refractivity contribution in [2.75, 3.05) is 6.54 Å². The van der Waals surface area contributed by atoms with Gasteiger partial charge in [-0.1, -0.05) is 32.0 Å². The number of aromatic nitrogens is 1. The molecule has 2 N–H and O–H groups in total. The topological polar surface area (TPSA) is 48.4 Å². The van der Waals surface area contributed by atoms with Crippen LogP contribution in [0.3, 0.4) is 0 Å². The van der Waals surface area contributed by atoms with Gasteiger partial charge in [-0.25, -0.2) is 0 Å². The molecule has 0 saturated carbocycles. The number of hydrogen-bond acceptors (Lipinski definition) is 2. The smallest absolute Gasteiger partial charge is 0.198 e.